The Morgan fingerprint density at radius 2 is 1.58 bits per heavy atom. The van der Waals surface area contributed by atoms with Crippen molar-refractivity contribution in [2.45, 2.75) is 11.8 Å². The van der Waals surface area contributed by atoms with Crippen LogP contribution >= 0.6 is 0 Å². The van der Waals surface area contributed by atoms with Crippen LogP contribution < -0.4 is 10.0 Å². The van der Waals surface area contributed by atoms with Crippen LogP contribution in [0.2, 0.25) is 0 Å². The van der Waals surface area contributed by atoms with Crippen molar-refractivity contribution < 1.29 is 17.2 Å². The molecule has 0 aliphatic rings. The van der Waals surface area contributed by atoms with Gasteiger partial charge in [0.25, 0.3) is 10.0 Å². The van der Waals surface area contributed by atoms with E-state index >= 15 is 0 Å². The molecule has 0 saturated heterocycles. The predicted octanol–water partition coefficient (Wildman–Crippen LogP) is 4.21. The smallest absolute Gasteiger partial charge is 0.263 e. The van der Waals surface area contributed by atoms with Crippen molar-refractivity contribution in [3.8, 4) is 0 Å². The fraction of sp³-hybridized carbons (Fsp3) is 0.0556. The summed E-state index contributed by atoms with van der Waals surface area (Å²) < 4.78 is 53.2. The first-order chi connectivity index (χ1) is 12.3. The summed E-state index contributed by atoms with van der Waals surface area (Å²) in [5, 5.41) is 2.85. The maximum atomic E-state index is 13.2. The van der Waals surface area contributed by atoms with Crippen LogP contribution in [0.4, 0.5) is 26.0 Å². The van der Waals surface area contributed by atoms with E-state index in [0.717, 1.165) is 17.7 Å². The van der Waals surface area contributed by atoms with Crippen LogP contribution in [0.5, 0.6) is 0 Å². The van der Waals surface area contributed by atoms with Gasteiger partial charge in [0.15, 0.2) is 11.6 Å². The Morgan fingerprint density at radius 1 is 0.885 bits per heavy atom. The number of rotatable bonds is 5. The van der Waals surface area contributed by atoms with E-state index in [0.29, 0.717) is 11.4 Å². The van der Waals surface area contributed by atoms with Crippen LogP contribution in [0.1, 0.15) is 5.56 Å². The van der Waals surface area contributed by atoms with Gasteiger partial charge in [0.1, 0.15) is 5.82 Å². The van der Waals surface area contributed by atoms with Gasteiger partial charge in [-0.25, -0.2) is 22.2 Å². The largest absolute Gasteiger partial charge is 0.354 e. The molecule has 1 heterocycles. The Hall–Kier alpha value is -3.00. The second kappa shape index (κ2) is 7.09. The molecule has 26 heavy (non-hydrogen) atoms. The zero-order chi connectivity index (χ0) is 18.7. The lowest BCUT2D eigenvalue weighted by atomic mass is 10.2. The van der Waals surface area contributed by atoms with E-state index in [1.54, 1.807) is 18.2 Å². The number of halogens is 2. The number of anilines is 3. The SMILES string of the molecule is Cc1ccc(S(=O)(=O)Nc2ccc(Nc3ccc(F)c(F)c3)cn2)cc1. The van der Waals surface area contributed by atoms with Gasteiger partial charge in [-0.3, -0.25) is 4.72 Å². The third-order valence-electron chi connectivity index (χ3n) is 3.54. The zero-order valence-corrected chi connectivity index (χ0v) is 14.5. The zero-order valence-electron chi connectivity index (χ0n) is 13.7. The number of nitrogens with one attached hydrogen (secondary N) is 2. The molecule has 134 valence electrons. The number of benzene rings is 2. The Balaban J connectivity index is 1.73. The fourth-order valence-corrected chi connectivity index (χ4v) is 3.19. The quantitative estimate of drug-likeness (QED) is 0.701. The predicted molar refractivity (Wildman–Crippen MR) is 95.9 cm³/mol. The first kappa shape index (κ1) is 17.8. The molecule has 0 saturated carbocycles. The van der Waals surface area contributed by atoms with Crippen LogP contribution in [0, 0.1) is 18.6 Å². The van der Waals surface area contributed by atoms with E-state index in [9.17, 15) is 17.2 Å². The van der Waals surface area contributed by atoms with Gasteiger partial charge in [-0.1, -0.05) is 17.7 Å². The maximum Gasteiger partial charge on any atom is 0.263 e. The van der Waals surface area contributed by atoms with E-state index in [4.69, 9.17) is 0 Å². The summed E-state index contributed by atoms with van der Waals surface area (Å²) in [6, 6.07) is 12.9. The summed E-state index contributed by atoms with van der Waals surface area (Å²) in [6.07, 6.45) is 1.38. The molecular formula is C18H15F2N3O2S. The molecule has 0 aliphatic carbocycles. The highest BCUT2D eigenvalue weighted by molar-refractivity contribution is 7.92. The van der Waals surface area contributed by atoms with E-state index < -0.39 is 21.7 Å². The third-order valence-corrected chi connectivity index (χ3v) is 4.91. The Morgan fingerprint density at radius 3 is 2.19 bits per heavy atom. The first-order valence-corrected chi connectivity index (χ1v) is 9.09. The third kappa shape index (κ3) is 4.15. The fourth-order valence-electron chi connectivity index (χ4n) is 2.18. The number of nitrogens with zero attached hydrogens (tertiary/aromatic N) is 1. The van der Waals surface area contributed by atoms with Crippen molar-refractivity contribution in [1.82, 2.24) is 4.98 Å². The van der Waals surface area contributed by atoms with Gasteiger partial charge in [-0.2, -0.15) is 0 Å². The van der Waals surface area contributed by atoms with Crippen LogP contribution in [-0.4, -0.2) is 13.4 Å². The minimum Gasteiger partial charge on any atom is -0.354 e. The number of sulfonamides is 1. The lowest BCUT2D eigenvalue weighted by Crippen LogP contribution is -2.13. The molecule has 0 spiro atoms. The van der Waals surface area contributed by atoms with Gasteiger partial charge >= 0.3 is 0 Å². The maximum absolute atomic E-state index is 13.2. The van der Waals surface area contributed by atoms with E-state index in [1.165, 1.54) is 30.5 Å². The van der Waals surface area contributed by atoms with E-state index in [1.807, 2.05) is 6.92 Å². The van der Waals surface area contributed by atoms with Crippen molar-refractivity contribution in [1.29, 1.82) is 0 Å². The van der Waals surface area contributed by atoms with Gasteiger partial charge in [0.2, 0.25) is 0 Å². The highest BCUT2D eigenvalue weighted by Gasteiger charge is 2.14. The molecule has 0 radical (unpaired) electrons. The highest BCUT2D eigenvalue weighted by atomic mass is 32.2. The monoisotopic (exact) mass is 375 g/mol. The summed E-state index contributed by atoms with van der Waals surface area (Å²) in [4.78, 5) is 4.16. The average molecular weight is 375 g/mol. The molecule has 2 aromatic carbocycles. The van der Waals surface area contributed by atoms with Crippen molar-refractivity contribution in [2.24, 2.45) is 0 Å². The summed E-state index contributed by atoms with van der Waals surface area (Å²) in [7, 11) is -3.74. The van der Waals surface area contributed by atoms with Gasteiger partial charge < -0.3 is 5.32 Å². The van der Waals surface area contributed by atoms with E-state index in [-0.39, 0.29) is 10.7 Å². The molecule has 0 aliphatic heterocycles. The van der Waals surface area contributed by atoms with Crippen LogP contribution in [-0.2, 0) is 10.0 Å². The number of hydrogen-bond acceptors (Lipinski definition) is 4. The normalized spacial score (nSPS) is 11.2. The molecular weight excluding hydrogens is 360 g/mol. The Bertz CT molecular complexity index is 1020. The van der Waals surface area contributed by atoms with Gasteiger partial charge in [0.05, 0.1) is 16.8 Å². The second-order valence-electron chi connectivity index (χ2n) is 5.60. The first-order valence-electron chi connectivity index (χ1n) is 7.61. The summed E-state index contributed by atoms with van der Waals surface area (Å²) in [6.45, 7) is 1.87. The highest BCUT2D eigenvalue weighted by Crippen LogP contribution is 2.20. The molecule has 8 heteroatoms. The second-order valence-corrected chi connectivity index (χ2v) is 7.29. The lowest BCUT2D eigenvalue weighted by molar-refractivity contribution is 0.509. The van der Waals surface area contributed by atoms with Crippen molar-refractivity contribution in [3.63, 3.8) is 0 Å². The number of aromatic nitrogens is 1. The van der Waals surface area contributed by atoms with Crippen LogP contribution in [0.3, 0.4) is 0 Å². The average Bonchev–Trinajstić information content (AvgIpc) is 2.60. The molecule has 5 nitrogen and oxygen atoms in total. The topological polar surface area (TPSA) is 71.1 Å². The van der Waals surface area contributed by atoms with Gasteiger partial charge in [-0.15, -0.1) is 0 Å². The molecule has 3 rings (SSSR count). The molecule has 0 unspecified atom stereocenters. The molecule has 0 fully saturated rings. The van der Waals surface area contributed by atoms with Crippen molar-refractivity contribution in [2.75, 3.05) is 10.0 Å². The molecule has 0 amide bonds. The molecule has 0 bridgehead atoms. The van der Waals surface area contributed by atoms with Gasteiger partial charge in [0, 0.05) is 11.8 Å². The number of hydrogen-bond donors (Lipinski definition) is 2. The molecule has 3 aromatic rings. The summed E-state index contributed by atoms with van der Waals surface area (Å²) in [5.41, 5.74) is 1.79. The molecule has 0 atom stereocenters. The standard InChI is InChI=1S/C18H15F2N3O2S/c1-12-2-6-15(7-3-12)26(24,25)23-18-9-5-14(11-21-18)22-13-4-8-16(19)17(20)10-13/h2-11,22H,1H3,(H,21,23). The number of pyridine rings is 1. The van der Waals surface area contributed by atoms with Gasteiger partial charge in [-0.05, 0) is 43.3 Å². The van der Waals surface area contributed by atoms with Crippen molar-refractivity contribution in [3.05, 3.63) is 78.0 Å². The molecule has 2 N–H and O–H groups in total. The summed E-state index contributed by atoms with van der Waals surface area (Å²) >= 11 is 0. The van der Waals surface area contributed by atoms with Crippen molar-refractivity contribution >= 4 is 27.2 Å². The number of aryl methyl sites for hydroxylation is 1. The van der Waals surface area contributed by atoms with Crippen LogP contribution in [0.25, 0.3) is 0 Å². The lowest BCUT2D eigenvalue weighted by Gasteiger charge is -2.10. The van der Waals surface area contributed by atoms with Crippen LogP contribution in [0.15, 0.2) is 65.7 Å². The minimum absolute atomic E-state index is 0.133. The minimum atomic E-state index is -3.74. The Kier molecular flexibility index (Phi) is 4.85. The van der Waals surface area contributed by atoms with E-state index in [2.05, 4.69) is 15.0 Å². The summed E-state index contributed by atoms with van der Waals surface area (Å²) in [5.74, 6) is -1.76. The molecule has 1 aromatic heterocycles. The Labute approximate surface area is 149 Å².